The van der Waals surface area contributed by atoms with Crippen molar-refractivity contribution in [3.05, 3.63) is 64.0 Å². The summed E-state index contributed by atoms with van der Waals surface area (Å²) in [5.41, 5.74) is -1.58. The minimum absolute atomic E-state index is 0.106. The number of rotatable bonds is 7. The highest BCUT2D eigenvalue weighted by Crippen LogP contribution is 2.37. The highest BCUT2D eigenvalue weighted by molar-refractivity contribution is 5.79. The number of nitro benzene ring substituents is 1. The van der Waals surface area contributed by atoms with Crippen LogP contribution < -0.4 is 15.0 Å². The first kappa shape index (κ1) is 23.3. The molecule has 1 N–H and O–H groups in total. The van der Waals surface area contributed by atoms with Crippen LogP contribution in [-0.4, -0.2) is 37.1 Å². The third kappa shape index (κ3) is 5.86. The van der Waals surface area contributed by atoms with Crippen LogP contribution in [-0.2, 0) is 11.0 Å². The number of benzene rings is 2. The molecule has 0 bridgehead atoms. The Kier molecular flexibility index (Phi) is 7.16. The second-order valence-corrected chi connectivity index (χ2v) is 7.31. The monoisotopic (exact) mass is 455 g/mol. The fourth-order valence-electron chi connectivity index (χ4n) is 3.51. The van der Waals surface area contributed by atoms with Crippen LogP contribution in [0.2, 0.25) is 0 Å². The van der Waals surface area contributed by atoms with E-state index in [2.05, 4.69) is 5.32 Å². The summed E-state index contributed by atoms with van der Waals surface area (Å²) in [6.07, 6.45) is -3.86. The summed E-state index contributed by atoms with van der Waals surface area (Å²) in [7, 11) is 0. The zero-order valence-electron chi connectivity index (χ0n) is 16.9. The summed E-state index contributed by atoms with van der Waals surface area (Å²) in [5, 5.41) is 14.1. The van der Waals surface area contributed by atoms with Crippen molar-refractivity contribution in [2.24, 2.45) is 5.92 Å². The van der Waals surface area contributed by atoms with Gasteiger partial charge in [-0.3, -0.25) is 14.9 Å². The number of carbonyl (C=O) groups excluding carboxylic acids is 1. The van der Waals surface area contributed by atoms with Crippen LogP contribution in [0.15, 0.2) is 42.5 Å². The smallest absolute Gasteiger partial charge is 0.416 e. The average molecular weight is 455 g/mol. The normalized spacial score (nSPS) is 14.8. The first-order valence-electron chi connectivity index (χ1n) is 9.92. The standard InChI is InChI=1S/C21H21F4N3O4/c22-16-2-4-17(5-3-16)32-12-9-26-20(29)14-7-10-27(11-8-14)18-6-1-15(21(23,24)25)13-19(18)28(30)31/h1-6,13-14H,7-12H2,(H,26,29). The maximum Gasteiger partial charge on any atom is 0.416 e. The molecule has 0 unspecified atom stereocenters. The molecule has 2 aromatic rings. The Morgan fingerprint density at radius 3 is 2.41 bits per heavy atom. The van der Waals surface area contributed by atoms with Gasteiger partial charge in [0, 0.05) is 25.1 Å². The number of nitrogens with zero attached hydrogens (tertiary/aromatic N) is 2. The zero-order chi connectivity index (χ0) is 23.3. The van der Waals surface area contributed by atoms with Gasteiger partial charge in [0.1, 0.15) is 23.9 Å². The molecule has 1 saturated heterocycles. The number of hydrogen-bond acceptors (Lipinski definition) is 5. The lowest BCUT2D eigenvalue weighted by atomic mass is 9.95. The van der Waals surface area contributed by atoms with Crippen LogP contribution >= 0.6 is 0 Å². The molecule has 1 amide bonds. The fraction of sp³-hybridized carbons (Fsp3) is 0.381. The molecule has 1 fully saturated rings. The van der Waals surface area contributed by atoms with E-state index in [-0.39, 0.29) is 36.5 Å². The Hall–Kier alpha value is -3.37. The van der Waals surface area contributed by atoms with Gasteiger partial charge in [0.25, 0.3) is 5.69 Å². The highest BCUT2D eigenvalue weighted by atomic mass is 19.4. The van der Waals surface area contributed by atoms with E-state index in [0.717, 1.165) is 12.1 Å². The average Bonchev–Trinajstić information content (AvgIpc) is 2.77. The number of nitro groups is 1. The SMILES string of the molecule is O=C(NCCOc1ccc(F)cc1)C1CCN(c2ccc(C(F)(F)F)cc2[N+](=O)[O-])CC1. The number of alkyl halides is 3. The molecule has 11 heteroatoms. The van der Waals surface area contributed by atoms with Crippen molar-refractivity contribution in [1.29, 1.82) is 0 Å². The van der Waals surface area contributed by atoms with E-state index in [0.29, 0.717) is 37.7 Å². The van der Waals surface area contributed by atoms with Crippen molar-refractivity contribution in [2.45, 2.75) is 19.0 Å². The van der Waals surface area contributed by atoms with Gasteiger partial charge in [0.15, 0.2) is 0 Å². The second kappa shape index (κ2) is 9.84. The number of carbonyl (C=O) groups is 1. The molecule has 0 spiro atoms. The van der Waals surface area contributed by atoms with Crippen molar-refractivity contribution in [1.82, 2.24) is 5.32 Å². The maximum absolute atomic E-state index is 12.9. The molecule has 0 radical (unpaired) electrons. The van der Waals surface area contributed by atoms with Gasteiger partial charge in [-0.05, 0) is 49.2 Å². The summed E-state index contributed by atoms with van der Waals surface area (Å²) in [4.78, 5) is 24.5. The summed E-state index contributed by atoms with van der Waals surface area (Å²) in [6, 6.07) is 7.96. The third-order valence-electron chi connectivity index (χ3n) is 5.19. The van der Waals surface area contributed by atoms with Crippen molar-refractivity contribution in [3.63, 3.8) is 0 Å². The van der Waals surface area contributed by atoms with E-state index in [9.17, 15) is 32.5 Å². The molecule has 0 atom stereocenters. The minimum atomic E-state index is -4.67. The summed E-state index contributed by atoms with van der Waals surface area (Å²) in [5.74, 6) is -0.398. The molecule has 0 aliphatic carbocycles. The Morgan fingerprint density at radius 2 is 1.81 bits per heavy atom. The Bertz CT molecular complexity index is 959. The van der Waals surface area contributed by atoms with Gasteiger partial charge in [-0.2, -0.15) is 13.2 Å². The van der Waals surface area contributed by atoms with Crippen LogP contribution in [0.25, 0.3) is 0 Å². The van der Waals surface area contributed by atoms with E-state index in [1.807, 2.05) is 0 Å². The molecule has 0 saturated carbocycles. The van der Waals surface area contributed by atoms with Gasteiger partial charge >= 0.3 is 6.18 Å². The lowest BCUT2D eigenvalue weighted by molar-refractivity contribution is -0.384. The van der Waals surface area contributed by atoms with Crippen molar-refractivity contribution >= 4 is 17.3 Å². The number of halogens is 4. The number of ether oxygens (including phenoxy) is 1. The second-order valence-electron chi connectivity index (χ2n) is 7.31. The number of nitrogens with one attached hydrogen (secondary N) is 1. The van der Waals surface area contributed by atoms with Gasteiger partial charge in [0.2, 0.25) is 5.91 Å². The van der Waals surface area contributed by atoms with Crippen LogP contribution in [0.5, 0.6) is 5.75 Å². The highest BCUT2D eigenvalue weighted by Gasteiger charge is 2.34. The van der Waals surface area contributed by atoms with Crippen molar-refractivity contribution in [2.75, 3.05) is 31.1 Å². The van der Waals surface area contributed by atoms with Gasteiger partial charge in [0.05, 0.1) is 17.0 Å². The number of piperidine rings is 1. The van der Waals surface area contributed by atoms with Gasteiger partial charge in [-0.15, -0.1) is 0 Å². The Labute approximate surface area is 181 Å². The van der Waals surface area contributed by atoms with Crippen LogP contribution in [0.4, 0.5) is 28.9 Å². The topological polar surface area (TPSA) is 84.7 Å². The number of amides is 1. The molecule has 2 aromatic carbocycles. The molecule has 7 nitrogen and oxygen atoms in total. The van der Waals surface area contributed by atoms with E-state index < -0.39 is 22.4 Å². The van der Waals surface area contributed by atoms with E-state index in [4.69, 9.17) is 4.74 Å². The zero-order valence-corrected chi connectivity index (χ0v) is 16.9. The Morgan fingerprint density at radius 1 is 1.16 bits per heavy atom. The number of hydrogen-bond donors (Lipinski definition) is 1. The van der Waals surface area contributed by atoms with Crippen LogP contribution in [0, 0.1) is 21.8 Å². The third-order valence-corrected chi connectivity index (χ3v) is 5.19. The maximum atomic E-state index is 12.9. The molecular weight excluding hydrogens is 434 g/mol. The quantitative estimate of drug-likeness (QED) is 0.293. The number of anilines is 1. The first-order valence-corrected chi connectivity index (χ1v) is 9.92. The predicted molar refractivity (Wildman–Crippen MR) is 108 cm³/mol. The van der Waals surface area contributed by atoms with Crippen LogP contribution in [0.1, 0.15) is 18.4 Å². The molecule has 32 heavy (non-hydrogen) atoms. The minimum Gasteiger partial charge on any atom is -0.492 e. The molecular formula is C21H21F4N3O4. The van der Waals surface area contributed by atoms with Crippen molar-refractivity contribution in [3.8, 4) is 5.75 Å². The lowest BCUT2D eigenvalue weighted by Gasteiger charge is -2.32. The summed E-state index contributed by atoms with van der Waals surface area (Å²) in [6.45, 7) is 1.06. The van der Waals surface area contributed by atoms with Gasteiger partial charge < -0.3 is 15.0 Å². The molecule has 3 rings (SSSR count). The largest absolute Gasteiger partial charge is 0.492 e. The van der Waals surface area contributed by atoms with Gasteiger partial charge in [-0.1, -0.05) is 0 Å². The van der Waals surface area contributed by atoms with E-state index >= 15 is 0 Å². The van der Waals surface area contributed by atoms with Crippen molar-refractivity contribution < 1.29 is 32.0 Å². The molecule has 1 aliphatic rings. The molecule has 1 heterocycles. The first-order chi connectivity index (χ1) is 15.1. The Balaban J connectivity index is 1.50. The lowest BCUT2D eigenvalue weighted by Crippen LogP contribution is -2.41. The summed E-state index contributed by atoms with van der Waals surface area (Å²) < 4.78 is 56.9. The fourth-order valence-corrected chi connectivity index (χ4v) is 3.51. The predicted octanol–water partition coefficient (Wildman–Crippen LogP) is 4.16. The van der Waals surface area contributed by atoms with Gasteiger partial charge in [-0.25, -0.2) is 4.39 Å². The molecule has 0 aromatic heterocycles. The van der Waals surface area contributed by atoms with Crippen LogP contribution in [0.3, 0.4) is 0 Å². The van der Waals surface area contributed by atoms with E-state index in [1.54, 1.807) is 4.90 Å². The van der Waals surface area contributed by atoms with E-state index in [1.165, 1.54) is 24.3 Å². The summed E-state index contributed by atoms with van der Waals surface area (Å²) >= 11 is 0. The molecule has 1 aliphatic heterocycles. The molecule has 172 valence electrons.